The van der Waals surface area contributed by atoms with Crippen molar-refractivity contribution < 1.29 is 19.1 Å². The lowest BCUT2D eigenvalue weighted by Crippen LogP contribution is -2.60. The Balaban J connectivity index is 1.30. The summed E-state index contributed by atoms with van der Waals surface area (Å²) in [5.41, 5.74) is 1.80. The van der Waals surface area contributed by atoms with E-state index in [-0.39, 0.29) is 30.7 Å². The average Bonchev–Trinajstić information content (AvgIpc) is 2.87. The first-order chi connectivity index (χ1) is 17.0. The van der Waals surface area contributed by atoms with Gasteiger partial charge in [0.1, 0.15) is 11.8 Å². The van der Waals surface area contributed by atoms with Crippen LogP contribution in [0.2, 0.25) is 0 Å². The van der Waals surface area contributed by atoms with E-state index in [9.17, 15) is 14.4 Å². The molecule has 0 aliphatic carbocycles. The zero-order valence-electron chi connectivity index (χ0n) is 20.1. The van der Waals surface area contributed by atoms with Gasteiger partial charge in [0, 0.05) is 50.6 Å². The lowest BCUT2D eigenvalue weighted by Gasteiger charge is -2.39. The molecule has 0 bridgehead atoms. The van der Waals surface area contributed by atoms with Gasteiger partial charge in [-0.05, 0) is 43.3 Å². The minimum atomic E-state index is -0.815. The van der Waals surface area contributed by atoms with Gasteiger partial charge >= 0.3 is 0 Å². The van der Waals surface area contributed by atoms with E-state index in [1.54, 1.807) is 29.2 Å². The van der Waals surface area contributed by atoms with Crippen LogP contribution in [0.4, 0.5) is 11.4 Å². The molecule has 9 heteroatoms. The number of anilines is 2. The minimum absolute atomic E-state index is 0.0907. The lowest BCUT2D eigenvalue weighted by atomic mass is 10.1. The fourth-order valence-corrected chi connectivity index (χ4v) is 4.49. The summed E-state index contributed by atoms with van der Waals surface area (Å²) in [5, 5.41) is 5.60. The Bertz CT molecular complexity index is 1010. The zero-order chi connectivity index (χ0) is 24.6. The van der Waals surface area contributed by atoms with Crippen molar-refractivity contribution in [3.05, 3.63) is 54.6 Å². The van der Waals surface area contributed by atoms with Crippen LogP contribution < -0.4 is 20.3 Å². The molecular formula is C26H33N5O4. The standard InChI is InChI=1S/C26H33N5O4/c1-2-35-22-10-8-20(9-11-22)28-24(32)18-23-26(34)27-12-13-31(23)25(33)19-29-14-16-30(17-15-29)21-6-4-3-5-7-21/h3-11,23H,2,12-19H2,1H3,(H,27,34)(H,28,32). The molecule has 0 saturated carbocycles. The number of ether oxygens (including phenoxy) is 1. The molecule has 3 amide bonds. The van der Waals surface area contributed by atoms with Gasteiger partial charge < -0.3 is 25.2 Å². The van der Waals surface area contributed by atoms with Gasteiger partial charge in [0.25, 0.3) is 0 Å². The highest BCUT2D eigenvalue weighted by molar-refractivity contribution is 5.97. The predicted octanol–water partition coefficient (Wildman–Crippen LogP) is 1.56. The third-order valence-electron chi connectivity index (χ3n) is 6.33. The number of carbonyl (C=O) groups is 3. The molecule has 2 N–H and O–H groups in total. The molecule has 1 atom stereocenters. The SMILES string of the molecule is CCOc1ccc(NC(=O)CC2C(=O)NCCN2C(=O)CN2CCN(c3ccccc3)CC2)cc1. The number of hydrogen-bond acceptors (Lipinski definition) is 6. The van der Waals surface area contributed by atoms with Crippen molar-refractivity contribution in [1.29, 1.82) is 0 Å². The van der Waals surface area contributed by atoms with Gasteiger partial charge in [0.05, 0.1) is 19.6 Å². The molecule has 2 aromatic rings. The molecule has 0 aromatic heterocycles. The summed E-state index contributed by atoms with van der Waals surface area (Å²) < 4.78 is 5.42. The second kappa shape index (κ2) is 11.7. The highest BCUT2D eigenvalue weighted by atomic mass is 16.5. The van der Waals surface area contributed by atoms with Gasteiger partial charge in [-0.25, -0.2) is 0 Å². The Morgan fingerprint density at radius 1 is 1.00 bits per heavy atom. The van der Waals surface area contributed by atoms with Crippen LogP contribution in [0.5, 0.6) is 5.75 Å². The van der Waals surface area contributed by atoms with E-state index in [2.05, 4.69) is 32.6 Å². The number of hydrogen-bond donors (Lipinski definition) is 2. The maximum absolute atomic E-state index is 13.2. The van der Waals surface area contributed by atoms with Crippen LogP contribution in [-0.4, -0.2) is 86.0 Å². The van der Waals surface area contributed by atoms with Gasteiger partial charge in [0.15, 0.2) is 0 Å². The molecule has 2 aliphatic heterocycles. The van der Waals surface area contributed by atoms with Crippen LogP contribution in [0.3, 0.4) is 0 Å². The van der Waals surface area contributed by atoms with Crippen molar-refractivity contribution >= 4 is 29.1 Å². The van der Waals surface area contributed by atoms with Crippen molar-refractivity contribution in [3.63, 3.8) is 0 Å². The third-order valence-corrected chi connectivity index (χ3v) is 6.33. The Labute approximate surface area is 206 Å². The number of nitrogens with one attached hydrogen (secondary N) is 2. The van der Waals surface area contributed by atoms with Gasteiger partial charge in [0.2, 0.25) is 17.7 Å². The summed E-state index contributed by atoms with van der Waals surface area (Å²) in [6, 6.07) is 16.5. The maximum Gasteiger partial charge on any atom is 0.243 e. The van der Waals surface area contributed by atoms with Gasteiger partial charge in [-0.3, -0.25) is 19.3 Å². The van der Waals surface area contributed by atoms with Crippen molar-refractivity contribution in [2.45, 2.75) is 19.4 Å². The number of benzene rings is 2. The molecule has 35 heavy (non-hydrogen) atoms. The lowest BCUT2D eigenvalue weighted by molar-refractivity contribution is -0.145. The molecule has 2 saturated heterocycles. The van der Waals surface area contributed by atoms with Crippen LogP contribution in [0.1, 0.15) is 13.3 Å². The number of para-hydroxylation sites is 1. The number of carbonyl (C=O) groups excluding carboxylic acids is 3. The van der Waals surface area contributed by atoms with E-state index in [4.69, 9.17) is 4.74 Å². The highest BCUT2D eigenvalue weighted by Crippen LogP contribution is 2.18. The first kappa shape index (κ1) is 24.5. The zero-order valence-corrected chi connectivity index (χ0v) is 20.1. The topological polar surface area (TPSA) is 94.2 Å². The fraction of sp³-hybridized carbons (Fsp3) is 0.423. The smallest absolute Gasteiger partial charge is 0.243 e. The second-order valence-electron chi connectivity index (χ2n) is 8.70. The predicted molar refractivity (Wildman–Crippen MR) is 134 cm³/mol. The molecule has 9 nitrogen and oxygen atoms in total. The number of nitrogens with zero attached hydrogens (tertiary/aromatic N) is 3. The van der Waals surface area contributed by atoms with E-state index in [0.717, 1.165) is 31.9 Å². The van der Waals surface area contributed by atoms with Crippen LogP contribution in [-0.2, 0) is 14.4 Å². The van der Waals surface area contributed by atoms with E-state index >= 15 is 0 Å². The van der Waals surface area contributed by atoms with Crippen molar-refractivity contribution in [3.8, 4) is 5.75 Å². The molecule has 1 unspecified atom stereocenters. The average molecular weight is 480 g/mol. The highest BCUT2D eigenvalue weighted by Gasteiger charge is 2.35. The van der Waals surface area contributed by atoms with Crippen LogP contribution in [0, 0.1) is 0 Å². The summed E-state index contributed by atoms with van der Waals surface area (Å²) in [5.74, 6) is -0.00349. The van der Waals surface area contributed by atoms with Gasteiger partial charge in [-0.2, -0.15) is 0 Å². The van der Waals surface area contributed by atoms with Gasteiger partial charge in [-0.1, -0.05) is 18.2 Å². The Morgan fingerprint density at radius 3 is 2.40 bits per heavy atom. The molecule has 2 fully saturated rings. The van der Waals surface area contributed by atoms with Gasteiger partial charge in [-0.15, -0.1) is 0 Å². The fourth-order valence-electron chi connectivity index (χ4n) is 4.49. The number of amides is 3. The Hall–Kier alpha value is -3.59. The Morgan fingerprint density at radius 2 is 1.71 bits per heavy atom. The number of piperazine rings is 2. The molecule has 186 valence electrons. The van der Waals surface area contributed by atoms with E-state index in [1.165, 1.54) is 5.69 Å². The summed E-state index contributed by atoms with van der Waals surface area (Å²) in [6.07, 6.45) is -0.0907. The van der Waals surface area contributed by atoms with E-state index < -0.39 is 6.04 Å². The first-order valence-corrected chi connectivity index (χ1v) is 12.2. The van der Waals surface area contributed by atoms with Crippen molar-refractivity contribution in [1.82, 2.24) is 15.1 Å². The second-order valence-corrected chi connectivity index (χ2v) is 8.70. The molecule has 0 spiro atoms. The first-order valence-electron chi connectivity index (χ1n) is 12.2. The summed E-state index contributed by atoms with van der Waals surface area (Å²) in [6.45, 7) is 6.72. The van der Waals surface area contributed by atoms with Crippen molar-refractivity contribution in [2.24, 2.45) is 0 Å². The third kappa shape index (κ3) is 6.51. The molecule has 2 aliphatic rings. The van der Waals surface area contributed by atoms with E-state index in [1.807, 2.05) is 25.1 Å². The van der Waals surface area contributed by atoms with Crippen LogP contribution in [0.15, 0.2) is 54.6 Å². The molecule has 4 rings (SSSR count). The molecule has 2 aromatic carbocycles. The quantitative estimate of drug-likeness (QED) is 0.597. The summed E-state index contributed by atoms with van der Waals surface area (Å²) >= 11 is 0. The largest absolute Gasteiger partial charge is 0.494 e. The van der Waals surface area contributed by atoms with Crippen molar-refractivity contribution in [2.75, 3.05) is 62.6 Å². The summed E-state index contributed by atoms with van der Waals surface area (Å²) in [4.78, 5) is 44.4. The molecule has 2 heterocycles. The van der Waals surface area contributed by atoms with E-state index in [0.29, 0.717) is 25.4 Å². The van der Waals surface area contributed by atoms with Crippen LogP contribution in [0.25, 0.3) is 0 Å². The monoisotopic (exact) mass is 479 g/mol. The molecule has 0 radical (unpaired) electrons. The maximum atomic E-state index is 13.2. The summed E-state index contributed by atoms with van der Waals surface area (Å²) in [7, 11) is 0. The normalized spacial score (nSPS) is 18.7. The van der Waals surface area contributed by atoms with Crippen LogP contribution >= 0.6 is 0 Å². The minimum Gasteiger partial charge on any atom is -0.494 e. The number of rotatable bonds is 8. The Kier molecular flexibility index (Phi) is 8.20. The molecular weight excluding hydrogens is 446 g/mol.